The molecular weight excluding hydrogens is 635 g/mol. The van der Waals surface area contributed by atoms with E-state index in [9.17, 15) is 24.3 Å². The van der Waals surface area contributed by atoms with Gasteiger partial charge in [-0.05, 0) is 82.5 Å². The lowest BCUT2D eigenvalue weighted by Crippen LogP contribution is -2.48. The van der Waals surface area contributed by atoms with Crippen molar-refractivity contribution in [3.63, 3.8) is 0 Å². The van der Waals surface area contributed by atoms with Crippen molar-refractivity contribution in [3.05, 3.63) is 82.5 Å². The number of aliphatic hydroxyl groups is 1. The maximum absolute atomic E-state index is 14.9. The molecule has 2 saturated heterocycles. The zero-order chi connectivity index (χ0) is 35.2. The second-order valence-electron chi connectivity index (χ2n) is 15.2. The van der Waals surface area contributed by atoms with Crippen molar-refractivity contribution < 1.29 is 29.0 Å². The Hall–Kier alpha value is -3.57. The van der Waals surface area contributed by atoms with Gasteiger partial charge in [0.2, 0.25) is 11.8 Å². The van der Waals surface area contributed by atoms with Gasteiger partial charge in [-0.2, -0.15) is 0 Å². The van der Waals surface area contributed by atoms with E-state index in [4.69, 9.17) is 4.74 Å². The van der Waals surface area contributed by atoms with Gasteiger partial charge in [-0.15, -0.1) is 0 Å². The van der Waals surface area contributed by atoms with Crippen LogP contribution in [-0.2, 0) is 37.7 Å². The fraction of sp³-hybridized carbons (Fsp3) is 0.513. The number of allylic oxidation sites excluding steroid dienone is 3. The van der Waals surface area contributed by atoms with Gasteiger partial charge >= 0.3 is 0 Å². The number of amides is 3. The number of hydrogen-bond acceptors (Lipinski definition) is 6. The molecule has 2 fully saturated rings. The summed E-state index contributed by atoms with van der Waals surface area (Å²) in [6.45, 7) is 13.2. The van der Waals surface area contributed by atoms with E-state index >= 15 is 0 Å². The molecule has 0 unspecified atom stereocenters. The van der Waals surface area contributed by atoms with E-state index < -0.39 is 31.5 Å². The molecule has 262 valence electrons. The fourth-order valence-electron chi connectivity index (χ4n) is 8.47. The van der Waals surface area contributed by atoms with Gasteiger partial charge in [-0.3, -0.25) is 14.4 Å². The van der Waals surface area contributed by atoms with Crippen molar-refractivity contribution in [2.24, 2.45) is 5.92 Å². The highest BCUT2D eigenvalue weighted by atomic mass is 28.4. The van der Waals surface area contributed by atoms with Crippen molar-refractivity contribution in [2.75, 3.05) is 29.5 Å². The summed E-state index contributed by atoms with van der Waals surface area (Å²) >= 11 is 0. The molecule has 2 N–H and O–H groups in total. The summed E-state index contributed by atoms with van der Waals surface area (Å²) in [5, 5.41) is 10.3. The van der Waals surface area contributed by atoms with Crippen LogP contribution in [-0.4, -0.2) is 72.7 Å². The van der Waals surface area contributed by atoms with Gasteiger partial charge in [-0.1, -0.05) is 54.5 Å². The number of benzene rings is 2. The molecule has 4 heterocycles. The Morgan fingerprint density at radius 1 is 1.08 bits per heavy atom. The fourth-order valence-corrected chi connectivity index (χ4v) is 11.0. The Labute approximate surface area is 291 Å². The average molecular weight is 686 g/mol. The van der Waals surface area contributed by atoms with E-state index in [2.05, 4.69) is 32.9 Å². The summed E-state index contributed by atoms with van der Waals surface area (Å²) in [5.41, 5.74) is 4.95. The molecule has 2 aromatic carbocycles. The third-order valence-corrected chi connectivity index (χ3v) is 13.6. The molecule has 0 aromatic heterocycles. The van der Waals surface area contributed by atoms with Crippen LogP contribution in [0.25, 0.3) is 0 Å². The van der Waals surface area contributed by atoms with Crippen LogP contribution < -0.4 is 9.80 Å². The van der Waals surface area contributed by atoms with Gasteiger partial charge in [-0.25, -0.2) is 0 Å². The van der Waals surface area contributed by atoms with E-state index in [1.165, 1.54) is 11.1 Å². The monoisotopic (exact) mass is 685 g/mol. The summed E-state index contributed by atoms with van der Waals surface area (Å²) in [7, 11) is -3.02. The molecule has 4 aliphatic heterocycles. The van der Waals surface area contributed by atoms with Gasteiger partial charge in [0.05, 0.1) is 30.9 Å². The predicted octanol–water partition coefficient (Wildman–Crippen LogP) is 5.60. The van der Waals surface area contributed by atoms with Crippen LogP contribution in [0.4, 0.5) is 11.4 Å². The second-order valence-corrected chi connectivity index (χ2v) is 19.2. The summed E-state index contributed by atoms with van der Waals surface area (Å²) in [6.07, 6.45) is 6.46. The molecule has 49 heavy (non-hydrogen) atoms. The molecule has 0 saturated carbocycles. The van der Waals surface area contributed by atoms with Crippen molar-refractivity contribution >= 4 is 37.4 Å². The second kappa shape index (κ2) is 13.6. The molecule has 1 spiro atoms. The first-order valence-corrected chi connectivity index (χ1v) is 20.7. The zero-order valence-corrected chi connectivity index (χ0v) is 30.7. The van der Waals surface area contributed by atoms with Crippen LogP contribution >= 0.6 is 0 Å². The van der Waals surface area contributed by atoms with Gasteiger partial charge in [0.25, 0.3) is 5.91 Å². The first kappa shape index (κ1) is 35.3. The number of anilines is 2. The van der Waals surface area contributed by atoms with E-state index in [-0.39, 0.29) is 36.8 Å². The first-order valence-electron chi connectivity index (χ1n) is 17.7. The number of rotatable bonds is 10. The van der Waals surface area contributed by atoms with E-state index in [0.717, 1.165) is 35.3 Å². The molecule has 6 rings (SSSR count). The maximum Gasteiger partial charge on any atom is 0.264 e. The molecule has 10 heteroatoms. The van der Waals surface area contributed by atoms with Crippen LogP contribution in [0.3, 0.4) is 0 Å². The smallest absolute Gasteiger partial charge is 0.264 e. The molecular formula is C39H51N3O6Si. The molecule has 0 bridgehead atoms. The van der Waals surface area contributed by atoms with Crippen molar-refractivity contribution in [1.82, 2.24) is 4.90 Å². The SMILES string of the molecule is CC(C)=CCC/C(C)=C/CN1C(=O)[C@@]2(O[C@@H](CC(=O)N3Cc4ccccc4C[C@H]3CO)[C@H]([Si](C)(C)O)[C@H]2C)c2cc(N3CCC3=O)ccc21. The number of carbonyl (C=O) groups is 3. The zero-order valence-electron chi connectivity index (χ0n) is 29.7. The highest BCUT2D eigenvalue weighted by Crippen LogP contribution is 2.60. The lowest BCUT2D eigenvalue weighted by molar-refractivity contribution is -0.150. The van der Waals surface area contributed by atoms with Crippen molar-refractivity contribution in [1.29, 1.82) is 0 Å². The largest absolute Gasteiger partial charge is 0.432 e. The Morgan fingerprint density at radius 3 is 2.45 bits per heavy atom. The number of β-lactam (4-membered cyclic amide) rings is 1. The minimum atomic E-state index is -3.02. The number of aliphatic hydroxyl groups excluding tert-OH is 1. The highest BCUT2D eigenvalue weighted by Gasteiger charge is 2.66. The summed E-state index contributed by atoms with van der Waals surface area (Å²) in [6, 6.07) is 13.4. The Bertz CT molecular complexity index is 1690. The van der Waals surface area contributed by atoms with Crippen LogP contribution in [0.15, 0.2) is 65.8 Å². The Morgan fingerprint density at radius 2 is 1.82 bits per heavy atom. The minimum absolute atomic E-state index is 0.0112. The number of ether oxygens (including phenoxy) is 1. The normalized spacial score (nSPS) is 26.6. The van der Waals surface area contributed by atoms with E-state index in [1.807, 2.05) is 62.5 Å². The highest BCUT2D eigenvalue weighted by molar-refractivity contribution is 6.71. The number of carbonyl (C=O) groups excluding carboxylic acids is 3. The Kier molecular flexibility index (Phi) is 9.80. The quantitative estimate of drug-likeness (QED) is 0.192. The molecule has 4 aliphatic rings. The van der Waals surface area contributed by atoms with Crippen molar-refractivity contribution in [3.8, 4) is 0 Å². The molecule has 0 aliphatic carbocycles. The van der Waals surface area contributed by atoms with Gasteiger partial charge in [0, 0.05) is 48.8 Å². The third kappa shape index (κ3) is 6.44. The van der Waals surface area contributed by atoms with Crippen molar-refractivity contribution in [2.45, 2.75) is 103 Å². The molecule has 9 nitrogen and oxygen atoms in total. The Balaban J connectivity index is 1.35. The molecule has 5 atom stereocenters. The van der Waals surface area contributed by atoms with Crippen LogP contribution in [0.1, 0.15) is 70.1 Å². The van der Waals surface area contributed by atoms with Crippen LogP contribution in [0.2, 0.25) is 18.6 Å². The summed E-state index contributed by atoms with van der Waals surface area (Å²) in [4.78, 5) is 58.5. The standard InChI is InChI=1S/C39H51N3O6Si/c1-25(2)10-9-11-26(3)16-18-41-33-15-14-30(40-19-17-35(40)44)21-32(33)39(38(41)46)27(4)37(49(5,6)47)34(48-39)22-36(45)42-23-29-13-8-7-12-28(29)20-31(42)24-43/h7-8,10,12-16,21,27,31,34,37,43,47H,9,11,17-20,22-24H2,1-6H3/b26-16+/t27-,31+,34+,37-,39+/m1/s1. The first-order chi connectivity index (χ1) is 23.3. The molecule has 2 aromatic rings. The van der Waals surface area contributed by atoms with Gasteiger partial charge in [0.1, 0.15) is 0 Å². The summed E-state index contributed by atoms with van der Waals surface area (Å²) < 4.78 is 6.98. The topological polar surface area (TPSA) is 111 Å². The molecule has 3 amide bonds. The number of hydrogen-bond donors (Lipinski definition) is 2. The van der Waals surface area contributed by atoms with E-state index in [0.29, 0.717) is 38.0 Å². The third-order valence-electron chi connectivity index (χ3n) is 11.1. The number of fused-ring (bicyclic) bond motifs is 3. The van der Waals surface area contributed by atoms with Gasteiger partial charge < -0.3 is 29.3 Å². The molecule has 0 radical (unpaired) electrons. The predicted molar refractivity (Wildman–Crippen MR) is 194 cm³/mol. The average Bonchev–Trinajstić information content (AvgIpc) is 3.47. The summed E-state index contributed by atoms with van der Waals surface area (Å²) in [5.74, 6) is -0.761. The van der Waals surface area contributed by atoms with Crippen LogP contribution in [0, 0.1) is 5.92 Å². The van der Waals surface area contributed by atoms with Crippen LogP contribution in [0.5, 0.6) is 0 Å². The van der Waals surface area contributed by atoms with E-state index in [1.54, 1.807) is 14.7 Å². The van der Waals surface area contributed by atoms with Gasteiger partial charge in [0.15, 0.2) is 13.9 Å². The minimum Gasteiger partial charge on any atom is -0.432 e. The lowest BCUT2D eigenvalue weighted by Gasteiger charge is -2.37. The maximum atomic E-state index is 14.9. The number of nitrogens with zero attached hydrogens (tertiary/aromatic N) is 3. The lowest BCUT2D eigenvalue weighted by atomic mass is 9.82.